The Morgan fingerprint density at radius 2 is 1.65 bits per heavy atom. The van der Waals surface area contributed by atoms with Crippen molar-refractivity contribution < 1.29 is 31.2 Å². The van der Waals surface area contributed by atoms with Crippen LogP contribution in [0.15, 0.2) is 41.4 Å². The second-order valence-electron chi connectivity index (χ2n) is 6.93. The van der Waals surface area contributed by atoms with Crippen molar-refractivity contribution in [2.45, 2.75) is 11.1 Å². The van der Waals surface area contributed by atoms with Crippen molar-refractivity contribution in [3.05, 3.63) is 47.8 Å². The van der Waals surface area contributed by atoms with Gasteiger partial charge in [-0.1, -0.05) is 0 Å². The number of aryl methyl sites for hydroxylation is 1. The molecular weight excluding hydrogens is 439 g/mol. The molecule has 9 nitrogen and oxygen atoms in total. The molecule has 0 bridgehead atoms. The summed E-state index contributed by atoms with van der Waals surface area (Å²) in [7, 11) is -2.38. The second-order valence-corrected chi connectivity index (χ2v) is 8.87. The molecule has 0 radical (unpaired) electrons. The number of rotatable bonds is 4. The van der Waals surface area contributed by atoms with Crippen molar-refractivity contribution in [1.82, 2.24) is 13.8 Å². The van der Waals surface area contributed by atoms with E-state index in [4.69, 9.17) is 5.73 Å². The van der Waals surface area contributed by atoms with Crippen molar-refractivity contribution >= 4 is 27.6 Å². The number of amides is 3. The first kappa shape index (κ1) is 22.6. The van der Waals surface area contributed by atoms with E-state index in [-0.39, 0.29) is 42.5 Å². The van der Waals surface area contributed by atoms with E-state index in [0.29, 0.717) is 0 Å². The van der Waals surface area contributed by atoms with Crippen LogP contribution < -0.4 is 11.1 Å². The highest BCUT2D eigenvalue weighted by Crippen LogP contribution is 2.30. The molecule has 168 valence electrons. The van der Waals surface area contributed by atoms with Gasteiger partial charge in [0.1, 0.15) is 10.6 Å². The summed E-state index contributed by atoms with van der Waals surface area (Å²) >= 11 is 0. The zero-order valence-corrected chi connectivity index (χ0v) is 17.2. The summed E-state index contributed by atoms with van der Waals surface area (Å²) in [5.41, 5.74) is 4.63. The predicted molar refractivity (Wildman–Crippen MR) is 105 cm³/mol. The molecule has 0 unspecified atom stereocenters. The monoisotopic (exact) mass is 459 g/mol. The topological polar surface area (TPSA) is 118 Å². The lowest BCUT2D eigenvalue weighted by atomic mass is 10.2. The van der Waals surface area contributed by atoms with Gasteiger partial charge in [0, 0.05) is 45.1 Å². The number of anilines is 1. The molecule has 0 atom stereocenters. The van der Waals surface area contributed by atoms with Gasteiger partial charge in [-0.2, -0.15) is 17.5 Å². The molecule has 1 aliphatic rings. The SMILES string of the molecule is Cn1cc(S(=O)(=O)N2CCN(C(=O)Nc3ccc(C(F)(F)F)cc3)CC2)cc1C(N)=O. The van der Waals surface area contributed by atoms with Crippen molar-refractivity contribution in [2.75, 3.05) is 31.5 Å². The Morgan fingerprint density at radius 1 is 1.06 bits per heavy atom. The normalized spacial score (nSPS) is 15.7. The third kappa shape index (κ3) is 4.82. The van der Waals surface area contributed by atoms with E-state index < -0.39 is 33.7 Å². The summed E-state index contributed by atoms with van der Waals surface area (Å²) in [6.07, 6.45) is -3.18. The third-order valence-corrected chi connectivity index (χ3v) is 6.72. The Kier molecular flexibility index (Phi) is 6.00. The first-order chi connectivity index (χ1) is 14.4. The van der Waals surface area contributed by atoms with Gasteiger partial charge < -0.3 is 20.5 Å². The Bertz CT molecular complexity index is 1090. The van der Waals surface area contributed by atoms with Crippen LogP contribution in [0.4, 0.5) is 23.7 Å². The van der Waals surface area contributed by atoms with Gasteiger partial charge in [-0.05, 0) is 30.3 Å². The molecule has 31 heavy (non-hydrogen) atoms. The molecule has 1 aliphatic heterocycles. The molecule has 1 aromatic heterocycles. The largest absolute Gasteiger partial charge is 0.416 e. The Labute approximate surface area is 176 Å². The lowest BCUT2D eigenvalue weighted by Gasteiger charge is -2.33. The van der Waals surface area contributed by atoms with Gasteiger partial charge in [0.2, 0.25) is 10.0 Å². The fraction of sp³-hybridized carbons (Fsp3) is 0.333. The smallest absolute Gasteiger partial charge is 0.364 e. The number of carbonyl (C=O) groups is 2. The number of sulfonamides is 1. The number of hydrogen-bond acceptors (Lipinski definition) is 4. The highest BCUT2D eigenvalue weighted by molar-refractivity contribution is 7.89. The van der Waals surface area contributed by atoms with Gasteiger partial charge >= 0.3 is 12.2 Å². The highest BCUT2D eigenvalue weighted by Gasteiger charge is 2.32. The number of nitrogens with zero attached hydrogens (tertiary/aromatic N) is 3. The standard InChI is InChI=1S/C18H20F3N5O4S/c1-24-11-14(10-15(24)16(22)27)31(29,30)26-8-6-25(7-9-26)17(28)23-13-4-2-12(3-5-13)18(19,20)21/h2-5,10-11H,6-9H2,1H3,(H2,22,27)(H,23,28). The number of halogens is 3. The van der Waals surface area contributed by atoms with E-state index in [0.717, 1.165) is 24.3 Å². The van der Waals surface area contributed by atoms with E-state index in [1.807, 2.05) is 0 Å². The second kappa shape index (κ2) is 8.23. The lowest BCUT2D eigenvalue weighted by Crippen LogP contribution is -2.51. The summed E-state index contributed by atoms with van der Waals surface area (Å²) < 4.78 is 66.0. The fourth-order valence-electron chi connectivity index (χ4n) is 3.15. The van der Waals surface area contributed by atoms with E-state index in [1.54, 1.807) is 0 Å². The van der Waals surface area contributed by atoms with Gasteiger partial charge in [-0.15, -0.1) is 0 Å². The van der Waals surface area contributed by atoms with Crippen LogP contribution in [0.5, 0.6) is 0 Å². The molecule has 13 heteroatoms. The van der Waals surface area contributed by atoms with Crippen LogP contribution >= 0.6 is 0 Å². The van der Waals surface area contributed by atoms with E-state index >= 15 is 0 Å². The summed E-state index contributed by atoms with van der Waals surface area (Å²) in [5, 5.41) is 2.50. The molecule has 1 fully saturated rings. The number of piperazine rings is 1. The first-order valence-corrected chi connectivity index (χ1v) is 10.5. The van der Waals surface area contributed by atoms with Crippen molar-refractivity contribution in [3.63, 3.8) is 0 Å². The van der Waals surface area contributed by atoms with Gasteiger partial charge in [-0.3, -0.25) is 4.79 Å². The maximum absolute atomic E-state index is 12.8. The van der Waals surface area contributed by atoms with Crippen LogP contribution in [0.2, 0.25) is 0 Å². The lowest BCUT2D eigenvalue weighted by molar-refractivity contribution is -0.137. The maximum Gasteiger partial charge on any atom is 0.416 e. The molecule has 0 aliphatic carbocycles. The Morgan fingerprint density at radius 3 is 2.13 bits per heavy atom. The summed E-state index contributed by atoms with van der Waals surface area (Å²) in [4.78, 5) is 25.0. The molecule has 0 spiro atoms. The Hall–Kier alpha value is -3.06. The molecular formula is C18H20F3N5O4S. The minimum absolute atomic E-state index is 0.0174. The Balaban J connectivity index is 1.61. The van der Waals surface area contributed by atoms with Crippen LogP contribution in [-0.4, -0.2) is 60.3 Å². The molecule has 2 heterocycles. The van der Waals surface area contributed by atoms with Gasteiger partial charge in [0.05, 0.1) is 5.56 Å². The molecule has 0 saturated carbocycles. The number of aromatic nitrogens is 1. The summed E-state index contributed by atoms with van der Waals surface area (Å²) in [6, 6.07) is 4.66. The van der Waals surface area contributed by atoms with Crippen molar-refractivity contribution in [2.24, 2.45) is 12.8 Å². The first-order valence-electron chi connectivity index (χ1n) is 9.09. The number of primary amides is 1. The minimum Gasteiger partial charge on any atom is -0.364 e. The zero-order chi connectivity index (χ0) is 23.0. The maximum atomic E-state index is 12.8. The molecule has 3 rings (SSSR count). The fourth-order valence-corrected chi connectivity index (χ4v) is 4.64. The number of hydrogen-bond donors (Lipinski definition) is 2. The quantitative estimate of drug-likeness (QED) is 0.723. The number of alkyl halides is 3. The van der Waals surface area contributed by atoms with Gasteiger partial charge in [-0.25, -0.2) is 13.2 Å². The van der Waals surface area contributed by atoms with E-state index in [1.165, 1.54) is 33.1 Å². The van der Waals surface area contributed by atoms with Crippen molar-refractivity contribution in [1.29, 1.82) is 0 Å². The average Bonchev–Trinajstić information content (AvgIpc) is 3.10. The average molecular weight is 459 g/mol. The van der Waals surface area contributed by atoms with E-state index in [9.17, 15) is 31.2 Å². The zero-order valence-electron chi connectivity index (χ0n) is 16.4. The third-order valence-electron chi connectivity index (χ3n) is 4.86. The number of benzene rings is 1. The van der Waals surface area contributed by atoms with E-state index in [2.05, 4.69) is 5.32 Å². The van der Waals surface area contributed by atoms with Crippen LogP contribution in [-0.2, 0) is 23.2 Å². The summed E-state index contributed by atoms with van der Waals surface area (Å²) in [6.45, 7) is 0.204. The molecule has 3 N–H and O–H groups in total. The minimum atomic E-state index is -4.47. The summed E-state index contributed by atoms with van der Waals surface area (Å²) in [5.74, 6) is -0.756. The van der Waals surface area contributed by atoms with Crippen LogP contribution in [0.3, 0.4) is 0 Å². The predicted octanol–water partition coefficient (Wildman–Crippen LogP) is 1.68. The van der Waals surface area contributed by atoms with Crippen LogP contribution in [0, 0.1) is 0 Å². The van der Waals surface area contributed by atoms with Crippen molar-refractivity contribution in [3.8, 4) is 0 Å². The molecule has 2 aromatic rings. The van der Waals surface area contributed by atoms with Gasteiger partial charge in [0.15, 0.2) is 0 Å². The number of carbonyl (C=O) groups excluding carboxylic acids is 2. The molecule has 3 amide bonds. The molecule has 1 saturated heterocycles. The van der Waals surface area contributed by atoms with Crippen LogP contribution in [0.25, 0.3) is 0 Å². The molecule has 1 aromatic carbocycles. The van der Waals surface area contributed by atoms with Crippen LogP contribution in [0.1, 0.15) is 16.1 Å². The highest BCUT2D eigenvalue weighted by atomic mass is 32.2. The van der Waals surface area contributed by atoms with Gasteiger partial charge in [0.25, 0.3) is 5.91 Å². The number of nitrogens with two attached hydrogens (primary N) is 1. The number of nitrogens with one attached hydrogen (secondary N) is 1. The number of urea groups is 1.